The molecule has 174 valence electrons. The van der Waals surface area contributed by atoms with Gasteiger partial charge in [-0.05, 0) is 49.1 Å². The molecule has 1 saturated carbocycles. The average Bonchev–Trinajstić information content (AvgIpc) is 2.75. The first-order chi connectivity index (χ1) is 15.1. The van der Waals surface area contributed by atoms with Gasteiger partial charge in [0, 0.05) is 11.1 Å². The number of benzene rings is 2. The summed E-state index contributed by atoms with van der Waals surface area (Å²) < 4.78 is 90.0. The van der Waals surface area contributed by atoms with Crippen molar-refractivity contribution in [3.05, 3.63) is 58.7 Å². The molecule has 3 nitrogen and oxygen atoms in total. The van der Waals surface area contributed by atoms with E-state index in [2.05, 4.69) is 0 Å². The molecule has 0 spiro atoms. The molecule has 0 unspecified atom stereocenters. The zero-order valence-corrected chi connectivity index (χ0v) is 17.1. The number of hydrogen-bond donors (Lipinski definition) is 0. The van der Waals surface area contributed by atoms with Gasteiger partial charge in [0.05, 0.1) is 17.7 Å². The number of ether oxygens (including phenoxy) is 2. The normalized spacial score (nSPS) is 15.4. The number of halogens is 6. The molecule has 0 amide bonds. The van der Waals surface area contributed by atoms with Crippen LogP contribution in [0.25, 0.3) is 0 Å². The number of alkyl halides is 6. The van der Waals surface area contributed by atoms with E-state index in [0.717, 1.165) is 31.7 Å². The van der Waals surface area contributed by atoms with E-state index >= 15 is 0 Å². The van der Waals surface area contributed by atoms with Crippen molar-refractivity contribution < 1.29 is 40.6 Å². The third-order valence-electron chi connectivity index (χ3n) is 5.43. The molecule has 0 aliphatic heterocycles. The zero-order chi connectivity index (χ0) is 23.4. The maximum Gasteiger partial charge on any atom is 0.416 e. The minimum Gasteiger partial charge on any atom is -0.489 e. The molecule has 1 aliphatic carbocycles. The second-order valence-electron chi connectivity index (χ2n) is 7.80. The van der Waals surface area contributed by atoms with Crippen molar-refractivity contribution in [2.45, 2.75) is 51.1 Å². The monoisotopic (exact) mass is 460 g/mol. The van der Waals surface area contributed by atoms with Crippen LogP contribution in [0.3, 0.4) is 0 Å². The summed E-state index contributed by atoms with van der Waals surface area (Å²) in [5.74, 6) is 0.656. The molecule has 3 rings (SSSR count). The average molecular weight is 460 g/mol. The summed E-state index contributed by atoms with van der Waals surface area (Å²) in [5.41, 5.74) is -2.94. The van der Waals surface area contributed by atoms with Gasteiger partial charge in [-0.1, -0.05) is 25.3 Å². The third-order valence-corrected chi connectivity index (χ3v) is 5.43. The molecular formula is C23H22F6O3. The second-order valence-corrected chi connectivity index (χ2v) is 7.80. The summed E-state index contributed by atoms with van der Waals surface area (Å²) in [7, 11) is 0. The van der Waals surface area contributed by atoms with Crippen LogP contribution in [0.2, 0.25) is 0 Å². The maximum atomic E-state index is 13.4. The van der Waals surface area contributed by atoms with Crippen molar-refractivity contribution in [2.75, 3.05) is 6.61 Å². The van der Waals surface area contributed by atoms with Crippen molar-refractivity contribution in [1.29, 1.82) is 0 Å². The van der Waals surface area contributed by atoms with E-state index < -0.39 is 35.6 Å². The molecule has 1 fully saturated rings. The van der Waals surface area contributed by atoms with Crippen molar-refractivity contribution in [3.63, 3.8) is 0 Å². The van der Waals surface area contributed by atoms with Crippen molar-refractivity contribution in [2.24, 2.45) is 5.92 Å². The lowest BCUT2D eigenvalue weighted by Crippen LogP contribution is -2.16. The number of carbonyl (C=O) groups excluding carboxylic acids is 1. The fourth-order valence-electron chi connectivity index (χ4n) is 3.69. The van der Waals surface area contributed by atoms with Crippen molar-refractivity contribution >= 4 is 6.29 Å². The van der Waals surface area contributed by atoms with E-state index in [9.17, 15) is 31.1 Å². The highest BCUT2D eigenvalue weighted by Gasteiger charge is 2.38. The van der Waals surface area contributed by atoms with Gasteiger partial charge >= 0.3 is 12.4 Å². The van der Waals surface area contributed by atoms with Crippen LogP contribution in [-0.2, 0) is 19.0 Å². The van der Waals surface area contributed by atoms with E-state index in [-0.39, 0.29) is 17.6 Å². The Balaban J connectivity index is 1.80. The van der Waals surface area contributed by atoms with Gasteiger partial charge in [0.1, 0.15) is 12.9 Å². The first-order valence-corrected chi connectivity index (χ1v) is 10.2. The van der Waals surface area contributed by atoms with Crippen LogP contribution < -0.4 is 9.47 Å². The summed E-state index contributed by atoms with van der Waals surface area (Å²) >= 11 is 0. The number of hydrogen-bond acceptors (Lipinski definition) is 3. The minimum absolute atomic E-state index is 0.0780. The Morgan fingerprint density at radius 1 is 0.844 bits per heavy atom. The first kappa shape index (κ1) is 23.9. The largest absolute Gasteiger partial charge is 0.489 e. The van der Waals surface area contributed by atoms with Gasteiger partial charge in [0.2, 0.25) is 0 Å². The molecule has 0 N–H and O–H groups in total. The number of aldehydes is 1. The molecule has 0 aromatic heterocycles. The van der Waals surface area contributed by atoms with Gasteiger partial charge in [0.25, 0.3) is 0 Å². The number of carbonyl (C=O) groups is 1. The maximum absolute atomic E-state index is 13.4. The first-order valence-electron chi connectivity index (χ1n) is 10.2. The SMILES string of the molecule is O=Cc1ccc(OCc2ccc(C(F)(F)F)cc2C(F)(F)F)c(OCC2CCCCC2)c1. The number of rotatable bonds is 7. The molecule has 2 aromatic rings. The Morgan fingerprint density at radius 3 is 2.19 bits per heavy atom. The summed E-state index contributed by atoms with van der Waals surface area (Å²) in [6.07, 6.45) is -3.91. The summed E-state index contributed by atoms with van der Waals surface area (Å²) in [4.78, 5) is 11.1. The van der Waals surface area contributed by atoms with Gasteiger partial charge in [0.15, 0.2) is 11.5 Å². The lowest BCUT2D eigenvalue weighted by Gasteiger charge is -2.22. The quantitative estimate of drug-likeness (QED) is 0.327. The molecule has 0 bridgehead atoms. The van der Waals surface area contributed by atoms with Gasteiger partial charge in [-0.25, -0.2) is 0 Å². The van der Waals surface area contributed by atoms with E-state index in [4.69, 9.17) is 9.47 Å². The molecule has 1 aliphatic rings. The predicted octanol–water partition coefficient (Wildman–Crippen LogP) is 7.07. The molecule has 0 radical (unpaired) electrons. The van der Waals surface area contributed by atoms with E-state index in [1.807, 2.05) is 0 Å². The second kappa shape index (κ2) is 9.83. The van der Waals surface area contributed by atoms with Gasteiger partial charge < -0.3 is 9.47 Å². The van der Waals surface area contributed by atoms with Crippen LogP contribution in [0.4, 0.5) is 26.3 Å². The van der Waals surface area contributed by atoms with Crippen LogP contribution >= 0.6 is 0 Å². The lowest BCUT2D eigenvalue weighted by molar-refractivity contribution is -0.143. The van der Waals surface area contributed by atoms with Gasteiger partial charge in [-0.2, -0.15) is 26.3 Å². The fraction of sp³-hybridized carbons (Fsp3) is 0.435. The Bertz CT molecular complexity index is 930. The fourth-order valence-corrected chi connectivity index (χ4v) is 3.69. The minimum atomic E-state index is -4.98. The van der Waals surface area contributed by atoms with Crippen molar-refractivity contribution in [1.82, 2.24) is 0 Å². The highest BCUT2D eigenvalue weighted by atomic mass is 19.4. The Kier molecular flexibility index (Phi) is 7.36. The topological polar surface area (TPSA) is 35.5 Å². The van der Waals surface area contributed by atoms with Gasteiger partial charge in [-0.3, -0.25) is 4.79 Å². The Labute approximate surface area is 181 Å². The molecular weight excluding hydrogens is 438 g/mol. The zero-order valence-electron chi connectivity index (χ0n) is 17.1. The molecule has 0 heterocycles. The molecule has 9 heteroatoms. The van der Waals surface area contributed by atoms with E-state index in [1.165, 1.54) is 24.6 Å². The Morgan fingerprint density at radius 2 is 1.56 bits per heavy atom. The Hall–Kier alpha value is -2.71. The molecule has 32 heavy (non-hydrogen) atoms. The molecule has 0 saturated heterocycles. The van der Waals surface area contributed by atoms with Crippen LogP contribution in [-0.4, -0.2) is 12.9 Å². The van der Waals surface area contributed by atoms with E-state index in [1.54, 1.807) is 0 Å². The summed E-state index contributed by atoms with van der Waals surface area (Å²) in [5, 5.41) is 0. The van der Waals surface area contributed by atoms with Crippen LogP contribution in [0.5, 0.6) is 11.5 Å². The van der Waals surface area contributed by atoms with Crippen LogP contribution in [0, 0.1) is 5.92 Å². The van der Waals surface area contributed by atoms with Gasteiger partial charge in [-0.15, -0.1) is 0 Å². The summed E-state index contributed by atoms with van der Waals surface area (Å²) in [6, 6.07) is 5.68. The van der Waals surface area contributed by atoms with Crippen molar-refractivity contribution in [3.8, 4) is 11.5 Å². The van der Waals surface area contributed by atoms with Crippen LogP contribution in [0.15, 0.2) is 36.4 Å². The molecule has 0 atom stereocenters. The van der Waals surface area contributed by atoms with E-state index in [0.29, 0.717) is 30.4 Å². The highest BCUT2D eigenvalue weighted by molar-refractivity contribution is 5.76. The highest BCUT2D eigenvalue weighted by Crippen LogP contribution is 2.38. The third kappa shape index (κ3) is 6.17. The standard InChI is InChI=1S/C23H22F6O3/c24-22(25,26)18-8-7-17(19(11-18)23(27,28)29)14-32-20-9-6-16(12-30)10-21(20)31-13-15-4-2-1-3-5-15/h6-12,15H,1-5,13-14H2. The lowest BCUT2D eigenvalue weighted by atomic mass is 9.90. The summed E-state index contributed by atoms with van der Waals surface area (Å²) in [6.45, 7) is -0.236. The molecule has 2 aromatic carbocycles. The smallest absolute Gasteiger partial charge is 0.416 e. The predicted molar refractivity (Wildman–Crippen MR) is 105 cm³/mol. The van der Waals surface area contributed by atoms with Crippen LogP contribution in [0.1, 0.15) is 59.2 Å².